The fourth-order valence-electron chi connectivity index (χ4n) is 2.55. The van der Waals surface area contributed by atoms with E-state index in [0.717, 1.165) is 11.3 Å². The van der Waals surface area contributed by atoms with Gasteiger partial charge in [-0.05, 0) is 47.0 Å². The first kappa shape index (κ1) is 16.1. The number of ketones is 1. The maximum Gasteiger partial charge on any atom is 0.234 e. The Morgan fingerprint density at radius 3 is 2.88 bits per heavy atom. The van der Waals surface area contributed by atoms with Gasteiger partial charge in [-0.25, -0.2) is 9.97 Å². The van der Waals surface area contributed by atoms with E-state index in [1.807, 2.05) is 30.5 Å². The summed E-state index contributed by atoms with van der Waals surface area (Å²) in [7, 11) is 0. The number of nitrogens with zero attached hydrogens (tertiary/aromatic N) is 4. The van der Waals surface area contributed by atoms with Crippen LogP contribution >= 0.6 is 15.9 Å². The SMILES string of the molecule is CCc1c(C(=O)c2cc(Br)c(O)c(C#N)c2)nc2ncc(C)cn12. The van der Waals surface area contributed by atoms with Gasteiger partial charge in [0.1, 0.15) is 17.5 Å². The van der Waals surface area contributed by atoms with E-state index in [0.29, 0.717) is 22.4 Å². The van der Waals surface area contributed by atoms with Gasteiger partial charge >= 0.3 is 0 Å². The van der Waals surface area contributed by atoms with Crippen LogP contribution in [-0.2, 0) is 6.42 Å². The molecule has 0 radical (unpaired) electrons. The molecule has 0 saturated carbocycles. The summed E-state index contributed by atoms with van der Waals surface area (Å²) in [6.45, 7) is 3.86. The van der Waals surface area contributed by atoms with Crippen LogP contribution in [0.2, 0.25) is 0 Å². The van der Waals surface area contributed by atoms with Crippen LogP contribution in [0, 0.1) is 18.3 Å². The highest BCUT2D eigenvalue weighted by Crippen LogP contribution is 2.30. The first-order chi connectivity index (χ1) is 11.5. The van der Waals surface area contributed by atoms with Crippen LogP contribution in [-0.4, -0.2) is 25.3 Å². The molecule has 0 aliphatic rings. The smallest absolute Gasteiger partial charge is 0.234 e. The van der Waals surface area contributed by atoms with Gasteiger partial charge < -0.3 is 5.11 Å². The molecule has 6 nitrogen and oxygen atoms in total. The number of rotatable bonds is 3. The van der Waals surface area contributed by atoms with Gasteiger partial charge in [-0.15, -0.1) is 0 Å². The van der Waals surface area contributed by atoms with Crippen molar-refractivity contribution in [2.24, 2.45) is 0 Å². The summed E-state index contributed by atoms with van der Waals surface area (Å²) in [6, 6.07) is 4.73. The van der Waals surface area contributed by atoms with E-state index in [1.54, 1.807) is 6.20 Å². The Hall–Kier alpha value is -2.72. The summed E-state index contributed by atoms with van der Waals surface area (Å²) in [5.41, 5.74) is 2.34. The lowest BCUT2D eigenvalue weighted by Crippen LogP contribution is -2.06. The second kappa shape index (κ2) is 6.06. The number of phenolic OH excluding ortho intramolecular Hbond substituents is 1. The molecule has 1 aromatic carbocycles. The molecular weight excluding hydrogens is 372 g/mol. The Balaban J connectivity index is 2.19. The van der Waals surface area contributed by atoms with Crippen molar-refractivity contribution in [2.45, 2.75) is 20.3 Å². The average molecular weight is 385 g/mol. The first-order valence-corrected chi connectivity index (χ1v) is 8.06. The minimum absolute atomic E-state index is 0.0310. The predicted molar refractivity (Wildman–Crippen MR) is 91.1 cm³/mol. The normalized spacial score (nSPS) is 10.8. The van der Waals surface area contributed by atoms with E-state index in [-0.39, 0.29) is 22.7 Å². The number of nitriles is 1. The lowest BCUT2D eigenvalue weighted by Gasteiger charge is -2.05. The second-order valence-corrected chi connectivity index (χ2v) is 6.21. The Bertz CT molecular complexity index is 1020. The highest BCUT2D eigenvalue weighted by atomic mass is 79.9. The first-order valence-electron chi connectivity index (χ1n) is 7.27. The van der Waals surface area contributed by atoms with Gasteiger partial charge in [-0.1, -0.05) is 6.92 Å². The highest BCUT2D eigenvalue weighted by molar-refractivity contribution is 9.10. The number of aromatic hydroxyl groups is 1. The standard InChI is InChI=1S/C17H13BrN4O2/c1-3-13-14(21-17-20-7-9(2)8-22(13)17)16(24)10-4-11(6-19)15(23)12(18)5-10/h4-5,7-8,23H,3H2,1-2H3. The van der Waals surface area contributed by atoms with Gasteiger partial charge in [0.2, 0.25) is 11.6 Å². The number of carbonyl (C=O) groups is 1. The third-order valence-corrected chi connectivity index (χ3v) is 4.31. The molecule has 3 aromatic rings. The van der Waals surface area contributed by atoms with Crippen LogP contribution in [0.15, 0.2) is 29.0 Å². The summed E-state index contributed by atoms with van der Waals surface area (Å²) in [6.07, 6.45) is 4.19. The van der Waals surface area contributed by atoms with Crippen molar-refractivity contribution in [3.05, 3.63) is 57.1 Å². The van der Waals surface area contributed by atoms with Crippen molar-refractivity contribution in [3.8, 4) is 11.8 Å². The predicted octanol–water partition coefficient (Wildman–Crippen LogP) is 3.17. The number of aromatic nitrogens is 3. The van der Waals surface area contributed by atoms with E-state index in [9.17, 15) is 9.90 Å². The molecule has 2 heterocycles. The molecule has 0 spiro atoms. The third kappa shape index (κ3) is 2.55. The summed E-state index contributed by atoms with van der Waals surface area (Å²) < 4.78 is 2.10. The van der Waals surface area contributed by atoms with Crippen molar-refractivity contribution >= 4 is 27.5 Å². The Morgan fingerprint density at radius 1 is 1.46 bits per heavy atom. The molecule has 0 atom stereocenters. The Labute approximate surface area is 146 Å². The molecule has 0 aliphatic carbocycles. The monoisotopic (exact) mass is 384 g/mol. The number of aryl methyl sites for hydroxylation is 2. The minimum atomic E-state index is -0.313. The van der Waals surface area contributed by atoms with Crippen molar-refractivity contribution < 1.29 is 9.90 Å². The van der Waals surface area contributed by atoms with E-state index >= 15 is 0 Å². The maximum atomic E-state index is 12.9. The van der Waals surface area contributed by atoms with Gasteiger partial charge in [-0.2, -0.15) is 5.26 Å². The average Bonchev–Trinajstić information content (AvgIpc) is 2.94. The zero-order valence-corrected chi connectivity index (χ0v) is 14.6. The van der Waals surface area contributed by atoms with Gasteiger partial charge in [-0.3, -0.25) is 9.20 Å². The van der Waals surface area contributed by atoms with Crippen LogP contribution in [0.25, 0.3) is 5.78 Å². The number of imidazole rings is 1. The fraction of sp³-hybridized carbons (Fsp3) is 0.176. The summed E-state index contributed by atoms with van der Waals surface area (Å²) >= 11 is 3.17. The Kier molecular flexibility index (Phi) is 4.08. The van der Waals surface area contributed by atoms with Crippen LogP contribution in [0.5, 0.6) is 5.75 Å². The zero-order chi connectivity index (χ0) is 17.4. The van der Waals surface area contributed by atoms with Crippen molar-refractivity contribution in [2.75, 3.05) is 0 Å². The van der Waals surface area contributed by atoms with E-state index in [1.165, 1.54) is 12.1 Å². The number of hydrogen-bond acceptors (Lipinski definition) is 5. The number of fused-ring (bicyclic) bond motifs is 1. The van der Waals surface area contributed by atoms with Gasteiger partial charge in [0, 0.05) is 18.0 Å². The lowest BCUT2D eigenvalue weighted by atomic mass is 10.0. The molecule has 0 saturated heterocycles. The maximum absolute atomic E-state index is 12.9. The van der Waals surface area contributed by atoms with Gasteiger partial charge in [0.25, 0.3) is 0 Å². The molecular formula is C17H13BrN4O2. The van der Waals surface area contributed by atoms with Crippen LogP contribution < -0.4 is 0 Å². The molecule has 7 heteroatoms. The molecule has 0 unspecified atom stereocenters. The summed E-state index contributed by atoms with van der Waals surface area (Å²) in [5, 5.41) is 18.9. The third-order valence-electron chi connectivity index (χ3n) is 3.70. The number of phenols is 1. The Morgan fingerprint density at radius 2 is 2.21 bits per heavy atom. The molecule has 2 aromatic heterocycles. The highest BCUT2D eigenvalue weighted by Gasteiger charge is 2.22. The van der Waals surface area contributed by atoms with Crippen molar-refractivity contribution in [1.82, 2.24) is 14.4 Å². The minimum Gasteiger partial charge on any atom is -0.505 e. The topological polar surface area (TPSA) is 91.3 Å². The molecule has 24 heavy (non-hydrogen) atoms. The van der Waals surface area contributed by atoms with Crippen LogP contribution in [0.3, 0.4) is 0 Å². The van der Waals surface area contributed by atoms with E-state index in [2.05, 4.69) is 25.9 Å². The molecule has 0 amide bonds. The fourth-order valence-corrected chi connectivity index (χ4v) is 3.01. The van der Waals surface area contributed by atoms with Crippen LogP contribution in [0.1, 0.15) is 39.8 Å². The summed E-state index contributed by atoms with van der Waals surface area (Å²) in [4.78, 5) is 21.5. The van der Waals surface area contributed by atoms with E-state index < -0.39 is 0 Å². The largest absolute Gasteiger partial charge is 0.505 e. The number of carbonyl (C=O) groups excluding carboxylic acids is 1. The van der Waals surface area contributed by atoms with Gasteiger partial charge in [0.05, 0.1) is 15.7 Å². The quantitative estimate of drug-likeness (QED) is 0.700. The molecule has 120 valence electrons. The lowest BCUT2D eigenvalue weighted by molar-refractivity contribution is 0.103. The summed E-state index contributed by atoms with van der Waals surface area (Å²) in [5.74, 6) is -0.0385. The van der Waals surface area contributed by atoms with Crippen LogP contribution in [0.4, 0.5) is 0 Å². The molecule has 3 rings (SSSR count). The van der Waals surface area contributed by atoms with Crippen molar-refractivity contribution in [1.29, 1.82) is 5.26 Å². The van der Waals surface area contributed by atoms with Gasteiger partial charge in [0.15, 0.2) is 0 Å². The van der Waals surface area contributed by atoms with Crippen molar-refractivity contribution in [3.63, 3.8) is 0 Å². The number of halogens is 1. The molecule has 0 bridgehead atoms. The molecule has 1 N–H and O–H groups in total. The number of benzene rings is 1. The zero-order valence-electron chi connectivity index (χ0n) is 13.0. The van der Waals surface area contributed by atoms with E-state index in [4.69, 9.17) is 5.26 Å². The molecule has 0 aliphatic heterocycles. The molecule has 0 fully saturated rings. The number of hydrogen-bond donors (Lipinski definition) is 1. The second-order valence-electron chi connectivity index (χ2n) is 5.36.